The van der Waals surface area contributed by atoms with Crippen LogP contribution in [0, 0.1) is 0 Å². The predicted octanol–water partition coefficient (Wildman–Crippen LogP) is 2.47. The van der Waals surface area contributed by atoms with Crippen LogP contribution in [-0.2, 0) is 6.61 Å². The van der Waals surface area contributed by atoms with E-state index < -0.39 is 0 Å². The van der Waals surface area contributed by atoms with Crippen LogP contribution in [0.1, 0.15) is 5.82 Å². The molecule has 0 bridgehead atoms. The number of pyridine rings is 2. The quantitative estimate of drug-likeness (QED) is 0.746. The van der Waals surface area contributed by atoms with E-state index in [4.69, 9.17) is 4.74 Å². The van der Waals surface area contributed by atoms with Crippen molar-refractivity contribution in [1.82, 2.24) is 19.6 Å². The van der Waals surface area contributed by atoms with E-state index in [-0.39, 0.29) is 0 Å². The summed E-state index contributed by atoms with van der Waals surface area (Å²) in [7, 11) is 0. The highest BCUT2D eigenvalue weighted by molar-refractivity contribution is 9.10. The summed E-state index contributed by atoms with van der Waals surface area (Å²) in [5.74, 6) is 1.34. The lowest BCUT2D eigenvalue weighted by molar-refractivity contribution is 0.295. The zero-order chi connectivity index (χ0) is 12.4. The second-order valence-corrected chi connectivity index (χ2v) is 4.57. The Morgan fingerprint density at radius 3 is 3.06 bits per heavy atom. The summed E-state index contributed by atoms with van der Waals surface area (Å²) in [6, 6.07) is 7.49. The van der Waals surface area contributed by atoms with E-state index in [0.717, 1.165) is 10.1 Å². The molecule has 3 aromatic rings. The van der Waals surface area contributed by atoms with E-state index in [0.29, 0.717) is 18.2 Å². The van der Waals surface area contributed by atoms with Crippen molar-refractivity contribution in [2.24, 2.45) is 0 Å². The molecule has 3 rings (SSSR count). The van der Waals surface area contributed by atoms with Crippen LogP contribution >= 0.6 is 15.9 Å². The van der Waals surface area contributed by atoms with Crippen molar-refractivity contribution in [3.8, 4) is 5.75 Å². The summed E-state index contributed by atoms with van der Waals surface area (Å²) in [5, 5.41) is 4.32. The van der Waals surface area contributed by atoms with Crippen molar-refractivity contribution in [3.05, 3.63) is 53.2 Å². The van der Waals surface area contributed by atoms with E-state index in [1.807, 2.05) is 30.5 Å². The molecule has 0 fully saturated rings. The third-order valence-corrected chi connectivity index (χ3v) is 2.81. The van der Waals surface area contributed by atoms with E-state index in [1.54, 1.807) is 16.9 Å². The highest BCUT2D eigenvalue weighted by Crippen LogP contribution is 2.12. The third kappa shape index (κ3) is 2.33. The van der Waals surface area contributed by atoms with Crippen LogP contribution in [0.5, 0.6) is 5.75 Å². The van der Waals surface area contributed by atoms with Gasteiger partial charge in [0.1, 0.15) is 12.4 Å². The highest BCUT2D eigenvalue weighted by Gasteiger charge is 2.04. The van der Waals surface area contributed by atoms with Crippen molar-refractivity contribution < 1.29 is 4.74 Å². The van der Waals surface area contributed by atoms with Crippen molar-refractivity contribution in [1.29, 1.82) is 0 Å². The van der Waals surface area contributed by atoms with Gasteiger partial charge in [0, 0.05) is 16.9 Å². The smallest absolute Gasteiger partial charge is 0.189 e. The number of aromatic nitrogens is 4. The number of rotatable bonds is 3. The molecule has 0 radical (unpaired) electrons. The lowest BCUT2D eigenvalue weighted by atomic mass is 10.5. The Labute approximate surface area is 112 Å². The molecule has 0 aliphatic rings. The molecule has 0 unspecified atom stereocenters. The maximum absolute atomic E-state index is 5.54. The van der Waals surface area contributed by atoms with Gasteiger partial charge in [-0.2, -0.15) is 0 Å². The first-order valence-electron chi connectivity index (χ1n) is 5.35. The second-order valence-electron chi connectivity index (χ2n) is 3.66. The summed E-state index contributed by atoms with van der Waals surface area (Å²) in [6.45, 7) is 0.324. The molecule has 0 amide bonds. The minimum Gasteiger partial charge on any atom is -0.484 e. The molecule has 0 saturated carbocycles. The second kappa shape index (κ2) is 4.73. The number of ether oxygens (including phenoxy) is 1. The first kappa shape index (κ1) is 11.2. The monoisotopic (exact) mass is 304 g/mol. The fraction of sp³-hybridized carbons (Fsp3) is 0.0833. The van der Waals surface area contributed by atoms with Crippen molar-refractivity contribution in [2.45, 2.75) is 6.61 Å². The first-order chi connectivity index (χ1) is 8.81. The largest absolute Gasteiger partial charge is 0.484 e. The standard InChI is InChI=1S/C12H9BrN4O/c13-9-3-4-12-15-11(16-17(12)7-9)8-18-10-2-1-5-14-6-10/h1-7H,8H2. The lowest BCUT2D eigenvalue weighted by Crippen LogP contribution is -1.98. The molecule has 90 valence electrons. The predicted molar refractivity (Wildman–Crippen MR) is 69.3 cm³/mol. The maximum atomic E-state index is 5.54. The lowest BCUT2D eigenvalue weighted by Gasteiger charge is -2.00. The van der Waals surface area contributed by atoms with Crippen molar-refractivity contribution in [3.63, 3.8) is 0 Å². The average Bonchev–Trinajstić information content (AvgIpc) is 2.79. The minimum atomic E-state index is 0.324. The zero-order valence-electron chi connectivity index (χ0n) is 9.32. The normalized spacial score (nSPS) is 10.7. The summed E-state index contributed by atoms with van der Waals surface area (Å²) in [5.41, 5.74) is 0.794. The van der Waals surface area contributed by atoms with Crippen molar-refractivity contribution >= 4 is 21.6 Å². The van der Waals surface area contributed by atoms with Gasteiger partial charge in [0.15, 0.2) is 11.5 Å². The van der Waals surface area contributed by atoms with Crippen LogP contribution in [0.15, 0.2) is 47.3 Å². The van der Waals surface area contributed by atoms with Gasteiger partial charge in [0.25, 0.3) is 0 Å². The molecule has 3 heterocycles. The Morgan fingerprint density at radius 1 is 1.28 bits per heavy atom. The Kier molecular flexibility index (Phi) is 2.93. The number of fused-ring (bicyclic) bond motifs is 1. The molecule has 3 aromatic heterocycles. The number of hydrogen-bond acceptors (Lipinski definition) is 4. The van der Waals surface area contributed by atoms with Crippen LogP contribution in [-0.4, -0.2) is 19.6 Å². The maximum Gasteiger partial charge on any atom is 0.189 e. The Hall–Kier alpha value is -1.95. The zero-order valence-corrected chi connectivity index (χ0v) is 10.9. The Balaban J connectivity index is 1.79. The molecule has 5 nitrogen and oxygen atoms in total. The molecule has 0 aromatic carbocycles. The number of halogens is 1. The van der Waals surface area contributed by atoms with Gasteiger partial charge in [0.05, 0.1) is 6.20 Å². The highest BCUT2D eigenvalue weighted by atomic mass is 79.9. The van der Waals surface area contributed by atoms with Crippen LogP contribution < -0.4 is 4.74 Å². The summed E-state index contributed by atoms with van der Waals surface area (Å²) < 4.78 is 8.21. The van der Waals surface area contributed by atoms with E-state index >= 15 is 0 Å². The molecule has 0 N–H and O–H groups in total. The Bertz CT molecular complexity index is 668. The van der Waals surface area contributed by atoms with Gasteiger partial charge in [-0.25, -0.2) is 9.50 Å². The molecule has 0 aliphatic carbocycles. The van der Waals surface area contributed by atoms with Gasteiger partial charge >= 0.3 is 0 Å². The van der Waals surface area contributed by atoms with Gasteiger partial charge in [-0.15, -0.1) is 5.10 Å². The Morgan fingerprint density at radius 2 is 2.22 bits per heavy atom. The molecular weight excluding hydrogens is 296 g/mol. The van der Waals surface area contributed by atoms with Gasteiger partial charge < -0.3 is 4.74 Å². The van der Waals surface area contributed by atoms with Gasteiger partial charge in [-0.05, 0) is 40.2 Å². The average molecular weight is 305 g/mol. The molecular formula is C12H9BrN4O. The molecule has 6 heteroatoms. The van der Waals surface area contributed by atoms with Crippen molar-refractivity contribution in [2.75, 3.05) is 0 Å². The number of hydrogen-bond donors (Lipinski definition) is 0. The van der Waals surface area contributed by atoms with Crippen LogP contribution in [0.4, 0.5) is 0 Å². The molecule has 0 saturated heterocycles. The summed E-state index contributed by atoms with van der Waals surface area (Å²) in [6.07, 6.45) is 5.22. The minimum absolute atomic E-state index is 0.324. The summed E-state index contributed by atoms with van der Waals surface area (Å²) in [4.78, 5) is 8.33. The van der Waals surface area contributed by atoms with E-state index in [1.165, 1.54) is 0 Å². The van der Waals surface area contributed by atoms with E-state index in [2.05, 4.69) is 31.0 Å². The topological polar surface area (TPSA) is 52.3 Å². The van der Waals surface area contributed by atoms with Gasteiger partial charge in [-0.1, -0.05) is 0 Å². The van der Waals surface area contributed by atoms with Crippen LogP contribution in [0.3, 0.4) is 0 Å². The molecule has 0 spiro atoms. The first-order valence-corrected chi connectivity index (χ1v) is 6.14. The summed E-state index contributed by atoms with van der Waals surface area (Å²) >= 11 is 3.39. The van der Waals surface area contributed by atoms with Gasteiger partial charge in [0.2, 0.25) is 0 Å². The SMILES string of the molecule is Brc1ccc2nc(COc3cccnc3)nn2c1. The fourth-order valence-corrected chi connectivity index (χ4v) is 1.87. The molecule has 18 heavy (non-hydrogen) atoms. The van der Waals surface area contributed by atoms with E-state index in [9.17, 15) is 0 Å². The van der Waals surface area contributed by atoms with Crippen LogP contribution in [0.2, 0.25) is 0 Å². The molecule has 0 aliphatic heterocycles. The van der Waals surface area contributed by atoms with Crippen LogP contribution in [0.25, 0.3) is 5.65 Å². The fourth-order valence-electron chi connectivity index (χ4n) is 1.55. The molecule has 0 atom stereocenters. The third-order valence-electron chi connectivity index (χ3n) is 2.34. The van der Waals surface area contributed by atoms with Gasteiger partial charge in [-0.3, -0.25) is 4.98 Å². The number of nitrogens with zero attached hydrogens (tertiary/aromatic N) is 4.